The minimum Gasteiger partial charge on any atom is -0.365 e. The summed E-state index contributed by atoms with van der Waals surface area (Å²) in [7, 11) is 0. The van der Waals surface area contributed by atoms with Crippen LogP contribution in [0.1, 0.15) is 37.6 Å². The molecule has 0 atom stereocenters. The van der Waals surface area contributed by atoms with Gasteiger partial charge < -0.3 is 16.0 Å². The molecule has 4 N–H and O–H groups in total. The molecule has 0 fully saturated rings. The molecule has 0 unspecified atom stereocenters. The fourth-order valence-electron chi connectivity index (χ4n) is 3.00. The molecule has 2 amide bonds. The summed E-state index contributed by atoms with van der Waals surface area (Å²) in [5.74, 6) is -0.750. The number of amides is 2. The smallest absolute Gasteiger partial charge is 0.256 e. The van der Waals surface area contributed by atoms with Crippen molar-refractivity contribution in [1.29, 1.82) is 0 Å². The van der Waals surface area contributed by atoms with Crippen LogP contribution in [0.4, 0.5) is 5.00 Å². The molecule has 2 heterocycles. The Labute approximate surface area is 135 Å². The number of benzene rings is 1. The third kappa shape index (κ3) is 2.29. The molecule has 0 saturated carbocycles. The van der Waals surface area contributed by atoms with Gasteiger partial charge in [-0.25, -0.2) is 4.98 Å². The third-order valence-electron chi connectivity index (χ3n) is 4.08. The van der Waals surface area contributed by atoms with Gasteiger partial charge in [-0.1, -0.05) is 0 Å². The van der Waals surface area contributed by atoms with Crippen molar-refractivity contribution in [3.8, 4) is 0 Å². The molecular weight excluding hydrogens is 312 g/mol. The number of aromatic amines is 1. The van der Waals surface area contributed by atoms with Crippen LogP contribution in [0.2, 0.25) is 0 Å². The summed E-state index contributed by atoms with van der Waals surface area (Å²) >= 11 is 1.45. The summed E-state index contributed by atoms with van der Waals surface area (Å²) in [6.45, 7) is 0. The lowest BCUT2D eigenvalue weighted by atomic mass is 10.1. The predicted molar refractivity (Wildman–Crippen MR) is 88.9 cm³/mol. The fraction of sp³-hybridized carbons (Fsp3) is 0.188. The Bertz CT molecular complexity index is 941. The Morgan fingerprint density at radius 1 is 1.30 bits per heavy atom. The first-order chi connectivity index (χ1) is 11.1. The van der Waals surface area contributed by atoms with E-state index in [-0.39, 0.29) is 5.91 Å². The molecule has 0 spiro atoms. The number of hydrogen-bond acceptors (Lipinski definition) is 4. The number of fused-ring (bicyclic) bond motifs is 2. The van der Waals surface area contributed by atoms with E-state index in [0.717, 1.165) is 40.7 Å². The van der Waals surface area contributed by atoms with E-state index in [1.165, 1.54) is 11.3 Å². The molecule has 0 radical (unpaired) electrons. The van der Waals surface area contributed by atoms with Gasteiger partial charge in [0.1, 0.15) is 5.00 Å². The number of hydrogen-bond donors (Lipinski definition) is 3. The molecule has 0 bridgehead atoms. The van der Waals surface area contributed by atoms with Gasteiger partial charge in [-0.2, -0.15) is 0 Å². The number of carbonyl (C=O) groups is 2. The zero-order chi connectivity index (χ0) is 16.0. The fourth-order valence-corrected chi connectivity index (χ4v) is 4.29. The van der Waals surface area contributed by atoms with Crippen LogP contribution in [0.15, 0.2) is 24.5 Å². The summed E-state index contributed by atoms with van der Waals surface area (Å²) in [6.07, 6.45) is 4.40. The average molecular weight is 326 g/mol. The van der Waals surface area contributed by atoms with Gasteiger partial charge in [0, 0.05) is 10.4 Å². The van der Waals surface area contributed by atoms with Gasteiger partial charge in [-0.15, -0.1) is 11.3 Å². The Morgan fingerprint density at radius 3 is 3.00 bits per heavy atom. The molecule has 6 nitrogen and oxygen atoms in total. The molecule has 0 saturated heterocycles. The summed E-state index contributed by atoms with van der Waals surface area (Å²) in [5, 5.41) is 3.39. The highest BCUT2D eigenvalue weighted by molar-refractivity contribution is 7.17. The van der Waals surface area contributed by atoms with E-state index in [2.05, 4.69) is 15.3 Å². The molecule has 0 aliphatic heterocycles. The van der Waals surface area contributed by atoms with Gasteiger partial charge >= 0.3 is 0 Å². The first kappa shape index (κ1) is 14.0. The first-order valence-corrected chi connectivity index (χ1v) is 8.14. The molecule has 1 aliphatic carbocycles. The van der Waals surface area contributed by atoms with E-state index in [1.54, 1.807) is 24.5 Å². The van der Waals surface area contributed by atoms with Crippen LogP contribution >= 0.6 is 11.3 Å². The maximum absolute atomic E-state index is 12.5. The molecule has 7 heteroatoms. The van der Waals surface area contributed by atoms with E-state index < -0.39 is 5.91 Å². The number of nitrogens with two attached hydrogens (primary N) is 1. The van der Waals surface area contributed by atoms with Crippen molar-refractivity contribution in [1.82, 2.24) is 9.97 Å². The highest BCUT2D eigenvalue weighted by atomic mass is 32.1. The molecule has 2 aromatic heterocycles. The number of thiophene rings is 1. The van der Waals surface area contributed by atoms with Crippen LogP contribution in [-0.2, 0) is 12.8 Å². The number of imidazole rings is 1. The molecule has 3 aromatic rings. The van der Waals surface area contributed by atoms with Crippen molar-refractivity contribution in [3.63, 3.8) is 0 Å². The largest absolute Gasteiger partial charge is 0.365 e. The molecular formula is C16H14N4O2S. The van der Waals surface area contributed by atoms with Crippen LogP contribution in [0, 0.1) is 0 Å². The second-order valence-corrected chi connectivity index (χ2v) is 6.62. The summed E-state index contributed by atoms with van der Waals surface area (Å²) in [4.78, 5) is 32.5. The van der Waals surface area contributed by atoms with Crippen LogP contribution in [0.5, 0.6) is 0 Å². The van der Waals surface area contributed by atoms with Crippen molar-refractivity contribution in [2.24, 2.45) is 5.73 Å². The van der Waals surface area contributed by atoms with E-state index in [0.29, 0.717) is 16.1 Å². The highest BCUT2D eigenvalue weighted by Gasteiger charge is 2.26. The van der Waals surface area contributed by atoms with Crippen LogP contribution in [0.25, 0.3) is 11.0 Å². The number of aromatic nitrogens is 2. The highest BCUT2D eigenvalue weighted by Crippen LogP contribution is 2.39. The van der Waals surface area contributed by atoms with Gasteiger partial charge in [0.15, 0.2) is 0 Å². The lowest BCUT2D eigenvalue weighted by Crippen LogP contribution is -2.17. The van der Waals surface area contributed by atoms with Crippen molar-refractivity contribution in [3.05, 3.63) is 46.1 Å². The molecule has 23 heavy (non-hydrogen) atoms. The number of carbonyl (C=O) groups excluding carboxylic acids is 2. The molecule has 4 rings (SSSR count). The Balaban J connectivity index is 1.67. The lowest BCUT2D eigenvalue weighted by Gasteiger charge is -2.06. The van der Waals surface area contributed by atoms with Crippen molar-refractivity contribution in [2.45, 2.75) is 19.3 Å². The van der Waals surface area contributed by atoms with Gasteiger partial charge in [-0.3, -0.25) is 9.59 Å². The van der Waals surface area contributed by atoms with Gasteiger partial charge in [0.2, 0.25) is 0 Å². The average Bonchev–Trinajstić information content (AvgIpc) is 3.20. The van der Waals surface area contributed by atoms with Crippen molar-refractivity contribution in [2.75, 3.05) is 5.32 Å². The minimum absolute atomic E-state index is 0.266. The lowest BCUT2D eigenvalue weighted by molar-refractivity contribution is 0.100. The van der Waals surface area contributed by atoms with E-state index in [9.17, 15) is 9.59 Å². The number of aryl methyl sites for hydroxylation is 1. The maximum Gasteiger partial charge on any atom is 0.256 e. The number of nitrogens with zero attached hydrogens (tertiary/aromatic N) is 1. The van der Waals surface area contributed by atoms with Crippen molar-refractivity contribution < 1.29 is 9.59 Å². The van der Waals surface area contributed by atoms with Crippen LogP contribution in [0.3, 0.4) is 0 Å². The van der Waals surface area contributed by atoms with E-state index in [1.807, 2.05) is 0 Å². The summed E-state index contributed by atoms with van der Waals surface area (Å²) < 4.78 is 0. The Kier molecular flexibility index (Phi) is 3.16. The van der Waals surface area contributed by atoms with Gasteiger partial charge in [0.05, 0.1) is 22.9 Å². The summed E-state index contributed by atoms with van der Waals surface area (Å²) in [6, 6.07) is 5.24. The van der Waals surface area contributed by atoms with Crippen LogP contribution in [-0.4, -0.2) is 21.8 Å². The third-order valence-corrected chi connectivity index (χ3v) is 5.29. The molecule has 1 aliphatic rings. The zero-order valence-corrected chi connectivity index (χ0v) is 13.0. The van der Waals surface area contributed by atoms with E-state index in [4.69, 9.17) is 5.73 Å². The second-order valence-electron chi connectivity index (χ2n) is 5.51. The SMILES string of the molecule is NC(=O)c1c(NC(=O)c2ccc3[nH]cnc3c2)sc2c1CCC2. The summed E-state index contributed by atoms with van der Waals surface area (Å²) in [5.41, 5.74) is 9.07. The van der Waals surface area contributed by atoms with Crippen molar-refractivity contribution >= 4 is 39.2 Å². The van der Waals surface area contributed by atoms with Gasteiger partial charge in [0.25, 0.3) is 11.8 Å². The van der Waals surface area contributed by atoms with Crippen LogP contribution < -0.4 is 11.1 Å². The number of primary amides is 1. The molecule has 116 valence electrons. The zero-order valence-electron chi connectivity index (χ0n) is 12.2. The number of nitrogens with one attached hydrogen (secondary N) is 2. The number of rotatable bonds is 3. The topological polar surface area (TPSA) is 101 Å². The maximum atomic E-state index is 12.5. The predicted octanol–water partition coefficient (Wildman–Crippen LogP) is 2.46. The number of anilines is 1. The number of H-pyrrole nitrogens is 1. The monoisotopic (exact) mass is 326 g/mol. The second kappa shape index (κ2) is 5.20. The Morgan fingerprint density at radius 2 is 2.17 bits per heavy atom. The normalized spacial score (nSPS) is 13.2. The standard InChI is InChI=1S/C16H14N4O2S/c17-14(21)13-9-2-1-3-12(9)23-16(13)20-15(22)8-4-5-10-11(6-8)19-7-18-10/h4-7H,1-3H2,(H2,17,21)(H,18,19)(H,20,22). The Hall–Kier alpha value is -2.67. The first-order valence-electron chi connectivity index (χ1n) is 7.32. The quantitative estimate of drug-likeness (QED) is 0.689. The minimum atomic E-state index is -0.484. The molecule has 1 aromatic carbocycles. The van der Waals surface area contributed by atoms with E-state index >= 15 is 0 Å². The van der Waals surface area contributed by atoms with Gasteiger partial charge in [-0.05, 0) is 43.0 Å².